The Bertz CT molecular complexity index is 249. The number of aryl methyl sites for hydroxylation is 2. The molecule has 0 saturated carbocycles. The van der Waals surface area contributed by atoms with E-state index >= 15 is 0 Å². The van der Waals surface area contributed by atoms with Gasteiger partial charge in [-0.15, -0.1) is 6.58 Å². The largest absolute Gasteiger partial charge is 2.00 e. The maximum absolute atomic E-state index is 3.71. The fourth-order valence-corrected chi connectivity index (χ4v) is 1.15. The van der Waals surface area contributed by atoms with Crippen LogP contribution in [0.25, 0.3) is 0 Å². The van der Waals surface area contributed by atoms with Crippen LogP contribution in [0.1, 0.15) is 20.4 Å². The van der Waals surface area contributed by atoms with E-state index in [4.69, 9.17) is 0 Å². The van der Waals surface area contributed by atoms with Gasteiger partial charge < -0.3 is 2.85 Å². The molecule has 0 aromatic heterocycles. The minimum Gasteiger partial charge on any atom is -1.00 e. The van der Waals surface area contributed by atoms with Crippen LogP contribution in [0.15, 0.2) is 36.9 Å². The number of rotatable bonds is 3. The zero-order valence-electron chi connectivity index (χ0n) is 9.72. The minimum absolute atomic E-state index is 0. The molecule has 0 atom stereocenters. The molecule has 1 heteroatoms. The molecule has 0 N–H and O–H groups in total. The molecule has 0 bridgehead atoms. The van der Waals surface area contributed by atoms with E-state index in [2.05, 4.69) is 37.8 Å². The van der Waals surface area contributed by atoms with E-state index < -0.39 is 0 Å². The van der Waals surface area contributed by atoms with Crippen molar-refractivity contribution in [3.05, 3.63) is 48.0 Å². The van der Waals surface area contributed by atoms with Gasteiger partial charge in [0.2, 0.25) is 0 Å². The van der Waals surface area contributed by atoms with Crippen molar-refractivity contribution in [2.24, 2.45) is 0 Å². The molecule has 0 nitrogen and oxygen atoms in total. The van der Waals surface area contributed by atoms with Crippen molar-refractivity contribution in [1.29, 1.82) is 0 Å². The maximum Gasteiger partial charge on any atom is 2.00 e. The molecule has 1 rings (SSSR count). The first-order chi connectivity index (χ1) is 5.34. The molecule has 0 fully saturated rings. The van der Waals surface area contributed by atoms with Gasteiger partial charge in [0.1, 0.15) is 0 Å². The van der Waals surface area contributed by atoms with Gasteiger partial charge in [-0.25, -0.2) is 0 Å². The summed E-state index contributed by atoms with van der Waals surface area (Å²) < 4.78 is 0. The fourth-order valence-electron chi connectivity index (χ4n) is 1.15. The molecule has 12 heavy (non-hydrogen) atoms. The van der Waals surface area contributed by atoms with Crippen LogP contribution in [0.5, 0.6) is 0 Å². The molecule has 0 radical (unpaired) electrons. The van der Waals surface area contributed by atoms with Gasteiger partial charge in [-0.1, -0.05) is 30.3 Å². The first kappa shape index (κ1) is 12.2. The molecule has 0 spiro atoms. The molecule has 0 aliphatic carbocycles. The van der Waals surface area contributed by atoms with Crippen LogP contribution in [0.3, 0.4) is 0 Å². The summed E-state index contributed by atoms with van der Waals surface area (Å²) in [4.78, 5) is 0. The van der Waals surface area contributed by atoms with Gasteiger partial charge in [-0.3, -0.25) is 0 Å². The third-order valence-electron chi connectivity index (χ3n) is 1.88. The predicted molar refractivity (Wildman–Crippen MR) is 57.7 cm³/mol. The van der Waals surface area contributed by atoms with Gasteiger partial charge >= 0.3 is 37.7 Å². The molecule has 0 unspecified atom stereocenters. The summed E-state index contributed by atoms with van der Waals surface area (Å²) in [6.07, 6.45) is 4.16. The van der Waals surface area contributed by atoms with Gasteiger partial charge in [0, 0.05) is 0 Å². The topological polar surface area (TPSA) is 0 Å². The van der Waals surface area contributed by atoms with Gasteiger partial charge in [0.05, 0.1) is 0 Å². The Morgan fingerprint density at radius 2 is 2.08 bits per heavy atom. The smallest absolute Gasteiger partial charge is 1.00 e. The van der Waals surface area contributed by atoms with Crippen LogP contribution in [-0.4, -0.2) is 37.7 Å². The SMILES string of the molecule is C=CCCc1ccccc1C.[Ca+2].[H-].[H-]. The number of hydrogen-bond donors (Lipinski definition) is 0. The molecule has 0 amide bonds. The van der Waals surface area contributed by atoms with E-state index in [1.807, 2.05) is 6.08 Å². The van der Waals surface area contributed by atoms with E-state index in [1.165, 1.54) is 11.1 Å². The third-order valence-corrected chi connectivity index (χ3v) is 1.88. The molecular weight excluding hydrogens is 172 g/mol. The molecular formula is C11H16Ca. The Hall–Kier alpha value is 0.220. The number of benzene rings is 1. The molecule has 1 aromatic rings. The monoisotopic (exact) mass is 188 g/mol. The standard InChI is InChI=1S/C11H14.Ca.2H/c1-3-4-8-11-9-6-5-7-10(11)2;;;/h3,5-7,9H,1,4,8H2,2H3;;;/q;+2;2*-1. The summed E-state index contributed by atoms with van der Waals surface area (Å²) in [5.41, 5.74) is 2.82. The summed E-state index contributed by atoms with van der Waals surface area (Å²) in [5, 5.41) is 0. The zero-order valence-corrected chi connectivity index (χ0v) is 9.92. The Morgan fingerprint density at radius 3 is 2.67 bits per heavy atom. The fraction of sp³-hybridized carbons (Fsp3) is 0.273. The van der Waals surface area contributed by atoms with Gasteiger partial charge in [0.25, 0.3) is 0 Å². The molecule has 0 heterocycles. The van der Waals surface area contributed by atoms with Gasteiger partial charge in [-0.05, 0) is 30.9 Å². The molecule has 0 aliphatic rings. The van der Waals surface area contributed by atoms with Crippen molar-refractivity contribution in [3.8, 4) is 0 Å². The second kappa shape index (κ2) is 6.71. The average molecular weight is 188 g/mol. The summed E-state index contributed by atoms with van der Waals surface area (Å²) in [5.74, 6) is 0. The van der Waals surface area contributed by atoms with E-state index in [9.17, 15) is 0 Å². The third kappa shape index (κ3) is 3.75. The van der Waals surface area contributed by atoms with E-state index in [0.717, 1.165) is 12.8 Å². The van der Waals surface area contributed by atoms with Crippen LogP contribution >= 0.6 is 0 Å². The normalized spacial score (nSPS) is 8.75. The molecule has 0 aliphatic heterocycles. The predicted octanol–water partition coefficient (Wildman–Crippen LogP) is 2.96. The summed E-state index contributed by atoms with van der Waals surface area (Å²) >= 11 is 0. The maximum atomic E-state index is 3.71. The van der Waals surface area contributed by atoms with E-state index in [1.54, 1.807) is 0 Å². The van der Waals surface area contributed by atoms with E-state index in [-0.39, 0.29) is 40.6 Å². The second-order valence-electron chi connectivity index (χ2n) is 2.75. The Balaban J connectivity index is -0.000000403. The quantitative estimate of drug-likeness (QED) is 0.505. The number of hydrogen-bond acceptors (Lipinski definition) is 0. The van der Waals surface area contributed by atoms with Crippen molar-refractivity contribution < 1.29 is 2.85 Å². The summed E-state index contributed by atoms with van der Waals surface area (Å²) in [7, 11) is 0. The van der Waals surface area contributed by atoms with Crippen molar-refractivity contribution in [1.82, 2.24) is 0 Å². The van der Waals surface area contributed by atoms with Gasteiger partial charge in [0.15, 0.2) is 0 Å². The van der Waals surface area contributed by atoms with Crippen molar-refractivity contribution >= 4 is 37.7 Å². The molecule has 0 saturated heterocycles. The van der Waals surface area contributed by atoms with Crippen LogP contribution in [0.4, 0.5) is 0 Å². The van der Waals surface area contributed by atoms with Crippen LogP contribution in [-0.2, 0) is 6.42 Å². The second-order valence-corrected chi connectivity index (χ2v) is 2.75. The van der Waals surface area contributed by atoms with Crippen molar-refractivity contribution in [3.63, 3.8) is 0 Å². The van der Waals surface area contributed by atoms with Crippen LogP contribution in [0.2, 0.25) is 0 Å². The van der Waals surface area contributed by atoms with Crippen molar-refractivity contribution in [2.75, 3.05) is 0 Å². The Morgan fingerprint density at radius 1 is 1.42 bits per heavy atom. The summed E-state index contributed by atoms with van der Waals surface area (Å²) in [6, 6.07) is 8.50. The molecule has 1 aromatic carbocycles. The minimum atomic E-state index is 0. The van der Waals surface area contributed by atoms with Crippen LogP contribution < -0.4 is 0 Å². The van der Waals surface area contributed by atoms with Crippen molar-refractivity contribution in [2.45, 2.75) is 19.8 Å². The molecule has 62 valence electrons. The first-order valence-corrected chi connectivity index (χ1v) is 4.00. The zero-order chi connectivity index (χ0) is 8.10. The first-order valence-electron chi connectivity index (χ1n) is 4.00. The summed E-state index contributed by atoms with van der Waals surface area (Å²) in [6.45, 7) is 5.86. The average Bonchev–Trinajstić information content (AvgIpc) is 2.03. The Kier molecular flexibility index (Phi) is 6.83. The van der Waals surface area contributed by atoms with E-state index in [0.29, 0.717) is 0 Å². The van der Waals surface area contributed by atoms with Gasteiger partial charge in [-0.2, -0.15) is 0 Å². The number of allylic oxidation sites excluding steroid dienone is 1. The van der Waals surface area contributed by atoms with Crippen LogP contribution in [0, 0.1) is 6.92 Å². The Labute approximate surface area is 108 Å².